The van der Waals surface area contributed by atoms with Gasteiger partial charge in [0.25, 0.3) is 0 Å². The second kappa shape index (κ2) is 6.54. The molecule has 0 unspecified atom stereocenters. The van der Waals surface area contributed by atoms with E-state index in [1.807, 2.05) is 38.2 Å². The maximum absolute atomic E-state index is 9.51. The van der Waals surface area contributed by atoms with Crippen LogP contribution >= 0.6 is 23.1 Å². The average Bonchev–Trinajstić information content (AvgIpc) is 2.88. The van der Waals surface area contributed by atoms with E-state index in [1.165, 1.54) is 11.8 Å². The van der Waals surface area contributed by atoms with Crippen LogP contribution in [0.5, 0.6) is 0 Å². The quantitative estimate of drug-likeness (QED) is 0.708. The maximum atomic E-state index is 9.51. The third-order valence-electron chi connectivity index (χ3n) is 3.25. The third kappa shape index (κ3) is 3.29. The molecule has 0 aliphatic carbocycles. The van der Waals surface area contributed by atoms with Crippen LogP contribution in [0.25, 0.3) is 10.2 Å². The second-order valence-electron chi connectivity index (χ2n) is 5.05. The summed E-state index contributed by atoms with van der Waals surface area (Å²) in [6.45, 7) is 2.57. The van der Waals surface area contributed by atoms with Crippen molar-refractivity contribution in [3.05, 3.63) is 41.1 Å². The van der Waals surface area contributed by atoms with E-state index in [2.05, 4.69) is 21.4 Å². The lowest BCUT2D eigenvalue weighted by Crippen LogP contribution is -2.08. The fourth-order valence-electron chi connectivity index (χ4n) is 2.28. The third-order valence-corrected chi connectivity index (χ3v) is 5.32. The molecule has 0 bridgehead atoms. The topological polar surface area (TPSA) is 87.6 Å². The van der Waals surface area contributed by atoms with E-state index < -0.39 is 0 Å². The van der Waals surface area contributed by atoms with Gasteiger partial charge in [0, 0.05) is 17.9 Å². The predicted octanol–water partition coefficient (Wildman–Crippen LogP) is 3.32. The Kier molecular flexibility index (Phi) is 4.48. The maximum Gasteiger partial charge on any atom is 0.157 e. The highest BCUT2D eigenvalue weighted by Gasteiger charge is 2.14. The monoisotopic (exact) mass is 341 g/mol. The number of aryl methyl sites for hydroxylation is 1. The SMILES string of the molecule is CNCc1cc(C)nc(Sc2nc3ccc(N)cc3s2)c1C#N. The molecule has 23 heavy (non-hydrogen) atoms. The van der Waals surface area contributed by atoms with Crippen molar-refractivity contribution in [1.82, 2.24) is 15.3 Å². The Balaban J connectivity index is 2.02. The van der Waals surface area contributed by atoms with Crippen molar-refractivity contribution in [2.24, 2.45) is 0 Å². The molecule has 3 rings (SSSR count). The van der Waals surface area contributed by atoms with Gasteiger partial charge in [-0.2, -0.15) is 5.26 Å². The highest BCUT2D eigenvalue weighted by atomic mass is 32.2. The fourth-order valence-corrected chi connectivity index (χ4v) is 4.48. The Labute approximate surface area is 142 Å². The highest BCUT2D eigenvalue weighted by molar-refractivity contribution is 8.01. The number of hydrogen-bond donors (Lipinski definition) is 2. The number of rotatable bonds is 4. The zero-order chi connectivity index (χ0) is 16.4. The average molecular weight is 341 g/mol. The van der Waals surface area contributed by atoms with Crippen LogP contribution in [0, 0.1) is 18.3 Å². The molecule has 0 atom stereocenters. The zero-order valence-corrected chi connectivity index (χ0v) is 14.4. The van der Waals surface area contributed by atoms with Gasteiger partial charge in [-0.3, -0.25) is 0 Å². The summed E-state index contributed by atoms with van der Waals surface area (Å²) in [5, 5.41) is 13.3. The van der Waals surface area contributed by atoms with E-state index in [4.69, 9.17) is 5.73 Å². The van der Waals surface area contributed by atoms with Gasteiger partial charge in [0.15, 0.2) is 4.34 Å². The molecule has 0 aliphatic heterocycles. The molecule has 0 saturated carbocycles. The number of pyridine rings is 1. The van der Waals surface area contributed by atoms with Gasteiger partial charge in [0.2, 0.25) is 0 Å². The first-order valence-electron chi connectivity index (χ1n) is 7.00. The lowest BCUT2D eigenvalue weighted by Gasteiger charge is -2.08. The van der Waals surface area contributed by atoms with Gasteiger partial charge in [0.1, 0.15) is 11.1 Å². The van der Waals surface area contributed by atoms with Crippen molar-refractivity contribution in [1.29, 1.82) is 5.26 Å². The number of nitriles is 1. The first-order chi connectivity index (χ1) is 11.1. The minimum absolute atomic E-state index is 0.605. The Morgan fingerprint density at radius 2 is 2.17 bits per heavy atom. The van der Waals surface area contributed by atoms with E-state index in [0.717, 1.165) is 31.5 Å². The van der Waals surface area contributed by atoms with Crippen LogP contribution in [-0.4, -0.2) is 17.0 Å². The molecule has 0 fully saturated rings. The Morgan fingerprint density at radius 1 is 1.35 bits per heavy atom. The Hall–Kier alpha value is -2.14. The number of thiazole rings is 1. The number of fused-ring (bicyclic) bond motifs is 1. The summed E-state index contributed by atoms with van der Waals surface area (Å²) in [6.07, 6.45) is 0. The van der Waals surface area contributed by atoms with E-state index in [9.17, 15) is 5.26 Å². The molecule has 0 amide bonds. The lowest BCUT2D eigenvalue weighted by molar-refractivity contribution is 0.804. The number of anilines is 1. The molecule has 0 spiro atoms. The van der Waals surface area contributed by atoms with Crippen LogP contribution in [0.2, 0.25) is 0 Å². The van der Waals surface area contributed by atoms with Crippen LogP contribution < -0.4 is 11.1 Å². The van der Waals surface area contributed by atoms with E-state index >= 15 is 0 Å². The van der Waals surface area contributed by atoms with Crippen molar-refractivity contribution in [3.8, 4) is 6.07 Å². The van der Waals surface area contributed by atoms with Gasteiger partial charge < -0.3 is 11.1 Å². The fraction of sp³-hybridized carbons (Fsp3) is 0.188. The van der Waals surface area contributed by atoms with Crippen molar-refractivity contribution in [2.45, 2.75) is 22.8 Å². The van der Waals surface area contributed by atoms with E-state index in [0.29, 0.717) is 17.1 Å². The van der Waals surface area contributed by atoms with Crippen LogP contribution in [0.4, 0.5) is 5.69 Å². The molecule has 5 nitrogen and oxygen atoms in total. The van der Waals surface area contributed by atoms with Crippen molar-refractivity contribution in [2.75, 3.05) is 12.8 Å². The molecule has 3 N–H and O–H groups in total. The molecular formula is C16H15N5S2. The molecule has 0 radical (unpaired) electrons. The van der Waals surface area contributed by atoms with Crippen LogP contribution in [0.15, 0.2) is 33.6 Å². The number of aromatic nitrogens is 2. The summed E-state index contributed by atoms with van der Waals surface area (Å²) in [6, 6.07) is 9.88. The number of nitrogen functional groups attached to an aromatic ring is 1. The Morgan fingerprint density at radius 3 is 2.91 bits per heavy atom. The zero-order valence-electron chi connectivity index (χ0n) is 12.8. The number of benzene rings is 1. The van der Waals surface area contributed by atoms with Gasteiger partial charge in [-0.05, 0) is 55.6 Å². The molecular weight excluding hydrogens is 326 g/mol. The summed E-state index contributed by atoms with van der Waals surface area (Å²) in [5.74, 6) is 0. The minimum atomic E-state index is 0.605. The minimum Gasteiger partial charge on any atom is -0.399 e. The van der Waals surface area contributed by atoms with Crippen molar-refractivity contribution < 1.29 is 0 Å². The van der Waals surface area contributed by atoms with Gasteiger partial charge >= 0.3 is 0 Å². The predicted molar refractivity (Wildman–Crippen MR) is 94.6 cm³/mol. The van der Waals surface area contributed by atoms with Crippen LogP contribution in [0.1, 0.15) is 16.8 Å². The van der Waals surface area contributed by atoms with Gasteiger partial charge in [-0.1, -0.05) is 0 Å². The molecule has 116 valence electrons. The number of nitrogens with one attached hydrogen (secondary N) is 1. The van der Waals surface area contributed by atoms with E-state index in [-0.39, 0.29) is 0 Å². The summed E-state index contributed by atoms with van der Waals surface area (Å²) >= 11 is 2.99. The standard InChI is InChI=1S/C16H15N5S2/c1-9-5-10(8-19-2)12(7-17)15(20-9)23-16-21-13-4-3-11(18)6-14(13)22-16/h3-6,19H,8,18H2,1-2H3. The largest absolute Gasteiger partial charge is 0.399 e. The number of nitrogens with two attached hydrogens (primary N) is 1. The van der Waals surface area contributed by atoms with Crippen LogP contribution in [0.3, 0.4) is 0 Å². The molecule has 0 aliphatic rings. The number of nitrogens with zero attached hydrogens (tertiary/aromatic N) is 3. The first kappa shape index (κ1) is 15.7. The summed E-state index contributed by atoms with van der Waals surface area (Å²) < 4.78 is 1.89. The smallest absolute Gasteiger partial charge is 0.157 e. The molecule has 2 heterocycles. The second-order valence-corrected chi connectivity index (χ2v) is 7.32. The number of hydrogen-bond acceptors (Lipinski definition) is 7. The van der Waals surface area contributed by atoms with Crippen LogP contribution in [-0.2, 0) is 6.54 Å². The molecule has 2 aromatic heterocycles. The normalized spacial score (nSPS) is 10.8. The van der Waals surface area contributed by atoms with Crippen molar-refractivity contribution >= 4 is 39.0 Å². The summed E-state index contributed by atoms with van der Waals surface area (Å²) in [4.78, 5) is 9.12. The first-order valence-corrected chi connectivity index (χ1v) is 8.63. The van der Waals surface area contributed by atoms with Crippen molar-refractivity contribution in [3.63, 3.8) is 0 Å². The lowest BCUT2D eigenvalue weighted by atomic mass is 10.1. The molecule has 1 aromatic carbocycles. The molecule has 3 aromatic rings. The van der Waals surface area contributed by atoms with Gasteiger partial charge in [-0.25, -0.2) is 9.97 Å². The molecule has 0 saturated heterocycles. The van der Waals surface area contributed by atoms with Gasteiger partial charge in [-0.15, -0.1) is 11.3 Å². The van der Waals surface area contributed by atoms with E-state index in [1.54, 1.807) is 11.3 Å². The summed E-state index contributed by atoms with van der Waals surface area (Å²) in [7, 11) is 1.86. The highest BCUT2D eigenvalue weighted by Crippen LogP contribution is 2.36. The molecule has 7 heteroatoms. The Bertz CT molecular complexity index is 911. The summed E-state index contributed by atoms with van der Waals surface area (Å²) in [5.41, 5.74) is 9.90. The van der Waals surface area contributed by atoms with Gasteiger partial charge in [0.05, 0.1) is 15.8 Å².